The molecule has 18 heteroatoms. The number of aliphatic hydroxyl groups is 1. The summed E-state index contributed by atoms with van der Waals surface area (Å²) in [7, 11) is 1.54. The number of piperazine rings is 1. The first kappa shape index (κ1) is 39.4. The van der Waals surface area contributed by atoms with Gasteiger partial charge in [-0.3, -0.25) is 19.5 Å². The number of aliphatic imine (C=N–C) groups is 2. The zero-order valence-corrected chi connectivity index (χ0v) is 31.3. The van der Waals surface area contributed by atoms with Crippen molar-refractivity contribution >= 4 is 59.3 Å². The molecule has 6 rings (SSSR count). The molecule has 1 saturated heterocycles. The molecule has 57 heavy (non-hydrogen) atoms. The molecule has 5 aromatic rings. The number of carbonyl (C=O) groups excluding carboxylic acids is 2. The van der Waals surface area contributed by atoms with E-state index in [1.54, 1.807) is 42.2 Å². The van der Waals surface area contributed by atoms with E-state index in [4.69, 9.17) is 0 Å². The summed E-state index contributed by atoms with van der Waals surface area (Å²) in [5.41, 5.74) is 4.00. The summed E-state index contributed by atoms with van der Waals surface area (Å²) in [6.45, 7) is 7.87. The minimum Gasteiger partial charge on any atom is -0.492 e. The van der Waals surface area contributed by atoms with Gasteiger partial charge in [0.05, 0.1) is 29.2 Å². The monoisotopic (exact) mass is 772 g/mol. The van der Waals surface area contributed by atoms with Crippen LogP contribution in [0.5, 0.6) is 0 Å². The number of likely N-dealkylation sites (N-methyl/N-ethyl adjacent to an activating group) is 1. The molecular weight excluding hydrogens is 732 g/mol. The highest BCUT2D eigenvalue weighted by molar-refractivity contribution is 5.94. The molecule has 1 aliphatic heterocycles. The van der Waals surface area contributed by atoms with E-state index in [0.29, 0.717) is 60.8 Å². The van der Waals surface area contributed by atoms with Crippen molar-refractivity contribution in [3.8, 4) is 6.07 Å². The second-order valence-corrected chi connectivity index (χ2v) is 12.9. The van der Waals surface area contributed by atoms with Crippen molar-refractivity contribution in [2.24, 2.45) is 9.98 Å². The van der Waals surface area contributed by atoms with Crippen molar-refractivity contribution in [2.75, 3.05) is 49.2 Å². The summed E-state index contributed by atoms with van der Waals surface area (Å²) >= 11 is 0. The van der Waals surface area contributed by atoms with E-state index in [-0.39, 0.29) is 48.2 Å². The minimum atomic E-state index is -0.776. The van der Waals surface area contributed by atoms with Gasteiger partial charge in [-0.15, -0.1) is 0 Å². The van der Waals surface area contributed by atoms with Crippen molar-refractivity contribution < 1.29 is 19.1 Å². The third-order valence-corrected chi connectivity index (χ3v) is 9.00. The molecule has 0 saturated carbocycles. The summed E-state index contributed by atoms with van der Waals surface area (Å²) < 4.78 is 13.8. The lowest BCUT2D eigenvalue weighted by Crippen LogP contribution is -2.48. The van der Waals surface area contributed by atoms with E-state index in [0.717, 1.165) is 11.1 Å². The Morgan fingerprint density at radius 2 is 1.77 bits per heavy atom. The molecule has 6 N–H and O–H groups in total. The van der Waals surface area contributed by atoms with Gasteiger partial charge in [-0.25, -0.2) is 14.4 Å². The van der Waals surface area contributed by atoms with Crippen LogP contribution < -0.4 is 21.3 Å². The molecule has 0 aliphatic carbocycles. The first-order chi connectivity index (χ1) is 27.6. The molecule has 0 radical (unpaired) electrons. The van der Waals surface area contributed by atoms with Gasteiger partial charge >= 0.3 is 0 Å². The Morgan fingerprint density at radius 1 is 1.02 bits per heavy atom. The third kappa shape index (κ3) is 10.3. The number of hydrogen-bond acceptors (Lipinski definition) is 14. The maximum Gasteiger partial charge on any atom is 0.278 e. The van der Waals surface area contributed by atoms with Gasteiger partial charge in [-0.2, -0.15) is 20.2 Å². The van der Waals surface area contributed by atoms with Gasteiger partial charge in [0.1, 0.15) is 17.7 Å². The Hall–Kier alpha value is -7.26. The topological polar surface area (TPSA) is 225 Å². The van der Waals surface area contributed by atoms with Crippen molar-refractivity contribution in [3.63, 3.8) is 0 Å². The lowest BCUT2D eigenvalue weighted by Gasteiger charge is -2.34. The highest BCUT2D eigenvalue weighted by atomic mass is 19.1. The summed E-state index contributed by atoms with van der Waals surface area (Å²) in [5, 5.41) is 31.5. The molecule has 2 aromatic heterocycles. The fourth-order valence-electron chi connectivity index (χ4n) is 6.16. The second-order valence-electron chi connectivity index (χ2n) is 12.9. The van der Waals surface area contributed by atoms with E-state index < -0.39 is 17.8 Å². The Labute approximate surface area is 327 Å². The quantitative estimate of drug-likeness (QED) is 0.0504. The maximum absolute atomic E-state index is 13.8. The second kappa shape index (κ2) is 18.4. The number of nitrogens with zero attached hydrogens (tertiary/aromatic N) is 9. The molecule has 17 nitrogen and oxygen atoms in total. The number of nitrogens with one attached hydrogen (secondary N) is 5. The molecule has 1 atom stereocenters. The van der Waals surface area contributed by atoms with Gasteiger partial charge in [0.25, 0.3) is 5.91 Å². The number of halogens is 1. The zero-order chi connectivity index (χ0) is 40.3. The molecule has 2 amide bonds. The van der Waals surface area contributed by atoms with Gasteiger partial charge in [-0.1, -0.05) is 24.3 Å². The lowest BCUT2D eigenvalue weighted by molar-refractivity contribution is -0.129. The van der Waals surface area contributed by atoms with Crippen LogP contribution in [-0.4, -0.2) is 104 Å². The van der Waals surface area contributed by atoms with E-state index in [1.807, 2.05) is 24.3 Å². The average molecular weight is 773 g/mol. The average Bonchev–Trinajstić information content (AvgIpc) is 3.62. The van der Waals surface area contributed by atoms with Gasteiger partial charge in [0, 0.05) is 58.1 Å². The molecule has 3 aromatic carbocycles. The van der Waals surface area contributed by atoms with E-state index >= 15 is 0 Å². The normalized spacial score (nSPS) is 14.1. The van der Waals surface area contributed by atoms with Crippen LogP contribution in [0.1, 0.15) is 29.4 Å². The van der Waals surface area contributed by atoms with Crippen LogP contribution in [0.15, 0.2) is 88.3 Å². The maximum atomic E-state index is 13.8. The van der Waals surface area contributed by atoms with Crippen molar-refractivity contribution in [1.29, 1.82) is 5.26 Å². The SMILES string of the molecule is C=N/C(C(=O)N1CCN(Cc2cccc(Nc3nc(NCc4nc5ccc(F)cc5[nH]4)nc(N[C@@H](Cc4ccc(C#N)cc4)C(=O)NC)n3)c2)CC1)=C(/O)N=CC. The standard InChI is InChI=1S/C39H41FN14O3/c1-4-44-35(56)33(42-2)36(57)54-16-14-53(15-17-54)23-26-6-5-7-28(18-26)46-38-50-37(45-22-32-47-29-13-12-27(40)20-30(29)48-32)51-39(52-38)49-31(34(55)43-3)19-24-8-10-25(21-41)11-9-24/h4-13,18,20,31,56H,2,14-17,19,22-23H2,1,3H3,(H,43,55)(H,47,48)(H3,45,46,49,50,51,52)/b35-33+,44-4?/t31-/m0/s1. The van der Waals surface area contributed by atoms with Crippen LogP contribution in [0.2, 0.25) is 0 Å². The molecule has 292 valence electrons. The number of rotatable bonds is 15. The number of nitriles is 1. The van der Waals surface area contributed by atoms with E-state index in [9.17, 15) is 24.3 Å². The fourth-order valence-corrected chi connectivity index (χ4v) is 6.16. The molecule has 1 aliphatic rings. The molecule has 0 unspecified atom stereocenters. The number of hydrogen-bond donors (Lipinski definition) is 6. The van der Waals surface area contributed by atoms with Gasteiger partial charge in [-0.05, 0) is 67.2 Å². The predicted molar refractivity (Wildman–Crippen MR) is 214 cm³/mol. The number of aliphatic hydroxyl groups excluding tert-OH is 1. The lowest BCUT2D eigenvalue weighted by atomic mass is 10.0. The number of aromatic amines is 1. The summed E-state index contributed by atoms with van der Waals surface area (Å²) in [5.74, 6) is -0.557. The highest BCUT2D eigenvalue weighted by Gasteiger charge is 2.26. The van der Waals surface area contributed by atoms with Gasteiger partial charge in [0.15, 0.2) is 5.70 Å². The predicted octanol–water partition coefficient (Wildman–Crippen LogP) is 4.05. The first-order valence-electron chi connectivity index (χ1n) is 18.0. The summed E-state index contributed by atoms with van der Waals surface area (Å²) in [6, 6.07) is 20.3. The smallest absolute Gasteiger partial charge is 0.278 e. The van der Waals surface area contributed by atoms with Crippen molar-refractivity contribution in [3.05, 3.63) is 107 Å². The number of imidazole rings is 1. The number of anilines is 4. The van der Waals surface area contributed by atoms with Crippen molar-refractivity contribution in [2.45, 2.75) is 32.5 Å². The van der Waals surface area contributed by atoms with Gasteiger partial charge < -0.3 is 36.3 Å². The highest BCUT2D eigenvalue weighted by Crippen LogP contribution is 2.21. The van der Waals surface area contributed by atoms with Crippen molar-refractivity contribution in [1.82, 2.24) is 40.0 Å². The number of amides is 2. The Morgan fingerprint density at radius 3 is 2.49 bits per heavy atom. The number of fused-ring (bicyclic) bond motifs is 1. The van der Waals surface area contributed by atoms with Crippen LogP contribution in [0, 0.1) is 17.1 Å². The van der Waals surface area contributed by atoms with E-state index in [2.05, 4.69) is 73.9 Å². The molecular formula is C39H41FN14O3. The number of aromatic nitrogens is 5. The summed E-state index contributed by atoms with van der Waals surface area (Å²) in [4.78, 5) is 58.7. The molecule has 0 spiro atoms. The minimum absolute atomic E-state index is 0.118. The Bertz CT molecular complexity index is 2350. The molecule has 1 fully saturated rings. The third-order valence-electron chi connectivity index (χ3n) is 9.00. The number of carbonyl (C=O) groups is 2. The Balaban J connectivity index is 1.18. The van der Waals surface area contributed by atoms with Crippen LogP contribution >= 0.6 is 0 Å². The number of H-pyrrole nitrogens is 1. The molecule has 0 bridgehead atoms. The largest absolute Gasteiger partial charge is 0.492 e. The van der Waals surface area contributed by atoms with E-state index in [1.165, 1.54) is 25.4 Å². The fraction of sp³-hybridized carbons (Fsp3) is 0.256. The first-order valence-corrected chi connectivity index (χ1v) is 18.0. The van der Waals surface area contributed by atoms with Crippen LogP contribution in [0.25, 0.3) is 11.0 Å². The van der Waals surface area contributed by atoms with Crippen LogP contribution in [-0.2, 0) is 29.1 Å². The zero-order valence-electron chi connectivity index (χ0n) is 31.3. The van der Waals surface area contributed by atoms with Crippen LogP contribution in [0.4, 0.5) is 27.9 Å². The number of benzene rings is 3. The Kier molecular flexibility index (Phi) is 12.7. The van der Waals surface area contributed by atoms with Gasteiger partial charge in [0.2, 0.25) is 29.6 Å². The van der Waals surface area contributed by atoms with Crippen LogP contribution in [0.3, 0.4) is 0 Å². The summed E-state index contributed by atoms with van der Waals surface area (Å²) in [6.07, 6.45) is 1.65. The molecule has 3 heterocycles.